The molecule has 3 aliphatic heterocycles. The number of hydrogen-bond donors (Lipinski definition) is 0. The van der Waals surface area contributed by atoms with Crippen LogP contribution in [0.3, 0.4) is 0 Å². The van der Waals surface area contributed by atoms with Crippen LogP contribution in [0.2, 0.25) is 0 Å². The third-order valence-corrected chi connectivity index (χ3v) is 7.64. The molecule has 10 heteroatoms. The Morgan fingerprint density at radius 3 is 2.48 bits per heavy atom. The number of aromatic nitrogens is 2. The van der Waals surface area contributed by atoms with E-state index in [2.05, 4.69) is 34.2 Å². The molecule has 0 saturated carbocycles. The molecule has 10 nitrogen and oxygen atoms in total. The number of amides is 2. The van der Waals surface area contributed by atoms with E-state index in [1.165, 1.54) is 5.56 Å². The predicted molar refractivity (Wildman–Crippen MR) is 148 cm³/mol. The molecule has 208 valence electrons. The molecule has 0 radical (unpaired) electrons. The summed E-state index contributed by atoms with van der Waals surface area (Å²) in [4.78, 5) is 32.5. The second-order valence-corrected chi connectivity index (χ2v) is 10.4. The molecule has 2 aromatic carbocycles. The highest BCUT2D eigenvalue weighted by molar-refractivity contribution is 5.97. The van der Waals surface area contributed by atoms with Crippen molar-refractivity contribution < 1.29 is 23.8 Å². The molecule has 0 bridgehead atoms. The Kier molecular flexibility index (Phi) is 7.50. The number of carbonyl (C=O) groups is 2. The van der Waals surface area contributed by atoms with E-state index in [9.17, 15) is 9.59 Å². The van der Waals surface area contributed by atoms with E-state index in [0.717, 1.165) is 29.9 Å². The summed E-state index contributed by atoms with van der Waals surface area (Å²) in [5.41, 5.74) is 3.53. The largest absolute Gasteiger partial charge is 0.454 e. The minimum absolute atomic E-state index is 0.00180. The summed E-state index contributed by atoms with van der Waals surface area (Å²) >= 11 is 0. The topological polar surface area (TPSA) is 97.3 Å². The van der Waals surface area contributed by atoms with Gasteiger partial charge in [0, 0.05) is 50.5 Å². The van der Waals surface area contributed by atoms with Crippen LogP contribution >= 0.6 is 0 Å². The van der Waals surface area contributed by atoms with Crippen LogP contribution in [-0.4, -0.2) is 90.6 Å². The minimum Gasteiger partial charge on any atom is -0.454 e. The Bertz CT molecular complexity index is 1350. The quantitative estimate of drug-likeness (QED) is 0.449. The number of benzene rings is 2. The Morgan fingerprint density at radius 1 is 0.950 bits per heavy atom. The molecule has 1 aromatic heterocycles. The van der Waals surface area contributed by atoms with Gasteiger partial charge >= 0.3 is 0 Å². The Balaban J connectivity index is 1.08. The summed E-state index contributed by atoms with van der Waals surface area (Å²) in [7, 11) is 0. The number of ether oxygens (including phenoxy) is 3. The van der Waals surface area contributed by atoms with Gasteiger partial charge < -0.3 is 28.9 Å². The molecule has 3 aliphatic rings. The number of carbonyl (C=O) groups excluding carboxylic acids is 2. The average molecular weight is 544 g/mol. The summed E-state index contributed by atoms with van der Waals surface area (Å²) in [6.07, 6.45) is 1.77. The lowest BCUT2D eigenvalue weighted by atomic mass is 10.1. The first kappa shape index (κ1) is 26.1. The molecule has 0 unspecified atom stereocenters. The molecule has 0 spiro atoms. The smallest absolute Gasteiger partial charge is 0.254 e. The van der Waals surface area contributed by atoms with Crippen molar-refractivity contribution >= 4 is 17.6 Å². The zero-order valence-electron chi connectivity index (χ0n) is 22.6. The molecule has 0 N–H and O–H groups in total. The molecule has 3 aromatic rings. The van der Waals surface area contributed by atoms with Crippen molar-refractivity contribution in [1.82, 2.24) is 20.0 Å². The Hall–Kier alpha value is -4.18. The molecular formula is C30H33N5O5. The van der Waals surface area contributed by atoms with Crippen molar-refractivity contribution in [3.63, 3.8) is 0 Å². The van der Waals surface area contributed by atoms with Crippen LogP contribution in [-0.2, 0) is 9.53 Å². The minimum atomic E-state index is -0.218. The fourth-order valence-corrected chi connectivity index (χ4v) is 5.29. The van der Waals surface area contributed by atoms with E-state index in [1.54, 1.807) is 23.1 Å². The van der Waals surface area contributed by atoms with E-state index >= 15 is 0 Å². The van der Waals surface area contributed by atoms with Gasteiger partial charge in [0.15, 0.2) is 17.3 Å². The average Bonchev–Trinajstić information content (AvgIpc) is 3.69. The van der Waals surface area contributed by atoms with E-state index in [-0.39, 0.29) is 31.3 Å². The summed E-state index contributed by atoms with van der Waals surface area (Å²) in [5.74, 6) is 1.66. The van der Waals surface area contributed by atoms with Gasteiger partial charge in [-0.25, -0.2) is 0 Å². The normalized spacial score (nSPS) is 18.2. The molecule has 2 saturated heterocycles. The first-order valence-electron chi connectivity index (χ1n) is 13.8. The Labute approximate surface area is 233 Å². The predicted octanol–water partition coefficient (Wildman–Crippen LogP) is 3.15. The third kappa shape index (κ3) is 5.72. The van der Waals surface area contributed by atoms with Gasteiger partial charge in [0.05, 0.1) is 11.8 Å². The van der Waals surface area contributed by atoms with Crippen LogP contribution in [0.1, 0.15) is 28.8 Å². The number of aryl methyl sites for hydroxylation is 1. The van der Waals surface area contributed by atoms with Crippen LogP contribution in [0.15, 0.2) is 54.6 Å². The highest BCUT2D eigenvalue weighted by atomic mass is 16.7. The third-order valence-electron chi connectivity index (χ3n) is 7.64. The number of anilines is 1. The van der Waals surface area contributed by atoms with Gasteiger partial charge in [0.2, 0.25) is 12.7 Å². The van der Waals surface area contributed by atoms with E-state index in [1.807, 2.05) is 29.2 Å². The maximum Gasteiger partial charge on any atom is 0.254 e. The number of nitrogens with zero attached hydrogens (tertiary/aromatic N) is 5. The molecule has 0 aliphatic carbocycles. The van der Waals surface area contributed by atoms with Crippen molar-refractivity contribution in [3.05, 3.63) is 65.7 Å². The molecule has 1 atom stereocenters. The van der Waals surface area contributed by atoms with Gasteiger partial charge in [0.1, 0.15) is 6.54 Å². The van der Waals surface area contributed by atoms with Crippen LogP contribution in [0, 0.1) is 6.92 Å². The number of fused-ring (bicyclic) bond motifs is 1. The van der Waals surface area contributed by atoms with Crippen molar-refractivity contribution in [1.29, 1.82) is 0 Å². The molecule has 2 fully saturated rings. The second-order valence-electron chi connectivity index (χ2n) is 10.4. The first-order valence-corrected chi connectivity index (χ1v) is 13.8. The van der Waals surface area contributed by atoms with Crippen LogP contribution in [0.5, 0.6) is 11.5 Å². The van der Waals surface area contributed by atoms with Crippen molar-refractivity contribution in [3.8, 4) is 22.8 Å². The fourth-order valence-electron chi connectivity index (χ4n) is 5.29. The lowest BCUT2D eigenvalue weighted by molar-refractivity contribution is -0.132. The van der Waals surface area contributed by atoms with E-state index in [4.69, 9.17) is 14.2 Å². The highest BCUT2D eigenvalue weighted by Crippen LogP contribution is 2.33. The number of piperazine rings is 1. The van der Waals surface area contributed by atoms with Gasteiger partial charge in [-0.05, 0) is 50.1 Å². The van der Waals surface area contributed by atoms with Gasteiger partial charge in [-0.3, -0.25) is 9.59 Å². The van der Waals surface area contributed by atoms with E-state index in [0.29, 0.717) is 56.4 Å². The fraction of sp³-hybridized carbons (Fsp3) is 0.400. The SMILES string of the molecule is Cc1ccc(-c2ccc(N3CCN(C(=O)CN(C[C@H]4CCCO4)C(=O)c4ccc5c(c4)OCO5)CC3)nn2)cc1. The Morgan fingerprint density at radius 2 is 1.75 bits per heavy atom. The summed E-state index contributed by atoms with van der Waals surface area (Å²) in [6, 6.07) is 17.3. The number of rotatable bonds is 7. The summed E-state index contributed by atoms with van der Waals surface area (Å²) < 4.78 is 16.6. The summed E-state index contributed by atoms with van der Waals surface area (Å²) in [5, 5.41) is 8.87. The van der Waals surface area contributed by atoms with E-state index < -0.39 is 0 Å². The standard InChI is InChI=1S/C30H33N5O5/c1-21-4-6-22(7-5-21)25-9-11-28(32-31-25)33-12-14-34(15-13-33)29(36)19-35(18-24-3-2-16-38-24)30(37)23-8-10-26-27(17-23)40-20-39-26/h4-11,17,24H,2-3,12-16,18-20H2,1H3/t24-/m1/s1. The van der Waals surface area contributed by atoms with Gasteiger partial charge in [-0.2, -0.15) is 0 Å². The van der Waals surface area contributed by atoms with Crippen molar-refractivity contribution in [2.75, 3.05) is 57.6 Å². The molecule has 2 amide bonds. The van der Waals surface area contributed by atoms with Gasteiger partial charge in [-0.15, -0.1) is 10.2 Å². The lowest BCUT2D eigenvalue weighted by Gasteiger charge is -2.36. The van der Waals surface area contributed by atoms with Gasteiger partial charge in [0.25, 0.3) is 5.91 Å². The maximum absolute atomic E-state index is 13.5. The molecule has 4 heterocycles. The highest BCUT2D eigenvalue weighted by Gasteiger charge is 2.29. The number of hydrogen-bond acceptors (Lipinski definition) is 8. The molecule has 40 heavy (non-hydrogen) atoms. The second kappa shape index (κ2) is 11.5. The van der Waals surface area contributed by atoms with Gasteiger partial charge in [-0.1, -0.05) is 29.8 Å². The van der Waals surface area contributed by atoms with Crippen LogP contribution < -0.4 is 14.4 Å². The molecule has 6 rings (SSSR count). The monoisotopic (exact) mass is 543 g/mol. The lowest BCUT2D eigenvalue weighted by Crippen LogP contribution is -2.52. The van der Waals surface area contributed by atoms with Crippen molar-refractivity contribution in [2.45, 2.75) is 25.9 Å². The molecular weight excluding hydrogens is 510 g/mol. The van der Waals surface area contributed by atoms with Crippen LogP contribution in [0.25, 0.3) is 11.3 Å². The maximum atomic E-state index is 13.5. The van der Waals surface area contributed by atoms with Crippen molar-refractivity contribution in [2.24, 2.45) is 0 Å². The zero-order valence-corrected chi connectivity index (χ0v) is 22.6. The first-order chi connectivity index (χ1) is 19.5. The zero-order chi connectivity index (χ0) is 27.5. The van der Waals surface area contributed by atoms with Crippen LogP contribution in [0.4, 0.5) is 5.82 Å². The summed E-state index contributed by atoms with van der Waals surface area (Å²) in [6.45, 7) is 5.64.